The van der Waals surface area contributed by atoms with Crippen LogP contribution in [-0.4, -0.2) is 39.3 Å². The summed E-state index contributed by atoms with van der Waals surface area (Å²) in [5, 5.41) is 5.88. The van der Waals surface area contributed by atoms with E-state index in [9.17, 15) is 4.79 Å². The SMILES string of the molecule is CCCCCCNCC(=O)NCCOC. The first kappa shape index (κ1) is 14.4. The fourth-order valence-corrected chi connectivity index (χ4v) is 1.23. The molecule has 0 rings (SSSR count). The van der Waals surface area contributed by atoms with Gasteiger partial charge in [0.05, 0.1) is 13.2 Å². The van der Waals surface area contributed by atoms with E-state index < -0.39 is 0 Å². The fourth-order valence-electron chi connectivity index (χ4n) is 1.23. The highest BCUT2D eigenvalue weighted by Crippen LogP contribution is 1.96. The van der Waals surface area contributed by atoms with Crippen LogP contribution in [0.15, 0.2) is 0 Å². The van der Waals surface area contributed by atoms with E-state index in [1.165, 1.54) is 19.3 Å². The molecule has 0 aromatic carbocycles. The van der Waals surface area contributed by atoms with Crippen LogP contribution in [0, 0.1) is 0 Å². The van der Waals surface area contributed by atoms with Gasteiger partial charge in [0.2, 0.25) is 5.91 Å². The standard InChI is InChI=1S/C11H24N2O2/c1-3-4-5-6-7-12-10-11(14)13-8-9-15-2/h12H,3-10H2,1-2H3,(H,13,14). The smallest absolute Gasteiger partial charge is 0.234 e. The lowest BCUT2D eigenvalue weighted by Crippen LogP contribution is -2.35. The Bertz CT molecular complexity index is 152. The molecular formula is C11H24N2O2. The van der Waals surface area contributed by atoms with Crippen LogP contribution in [0.2, 0.25) is 0 Å². The summed E-state index contributed by atoms with van der Waals surface area (Å²) in [6, 6.07) is 0. The van der Waals surface area contributed by atoms with Gasteiger partial charge in [-0.15, -0.1) is 0 Å². The Morgan fingerprint density at radius 2 is 2.00 bits per heavy atom. The number of carbonyl (C=O) groups is 1. The number of methoxy groups -OCH3 is 1. The molecule has 0 aliphatic carbocycles. The number of amides is 1. The number of hydrogen-bond donors (Lipinski definition) is 2. The number of hydrogen-bond acceptors (Lipinski definition) is 3. The molecule has 1 amide bonds. The number of rotatable bonds is 10. The normalized spacial score (nSPS) is 10.3. The molecule has 0 heterocycles. The summed E-state index contributed by atoms with van der Waals surface area (Å²) in [4.78, 5) is 11.2. The van der Waals surface area contributed by atoms with Gasteiger partial charge in [-0.1, -0.05) is 26.2 Å². The molecular weight excluding hydrogens is 192 g/mol. The van der Waals surface area contributed by atoms with E-state index in [-0.39, 0.29) is 5.91 Å². The zero-order chi connectivity index (χ0) is 11.4. The maximum absolute atomic E-state index is 11.2. The summed E-state index contributed by atoms with van der Waals surface area (Å²) in [5.41, 5.74) is 0. The molecule has 0 aliphatic heterocycles. The minimum absolute atomic E-state index is 0.0440. The molecule has 0 spiro atoms. The average Bonchev–Trinajstić information content (AvgIpc) is 2.23. The lowest BCUT2D eigenvalue weighted by Gasteiger charge is -2.05. The maximum atomic E-state index is 11.2. The number of nitrogens with one attached hydrogen (secondary N) is 2. The summed E-state index contributed by atoms with van der Waals surface area (Å²) in [6.45, 7) is 4.69. The van der Waals surface area contributed by atoms with Crippen LogP contribution >= 0.6 is 0 Å². The highest BCUT2D eigenvalue weighted by atomic mass is 16.5. The van der Waals surface area contributed by atoms with Gasteiger partial charge < -0.3 is 15.4 Å². The van der Waals surface area contributed by atoms with E-state index in [2.05, 4.69) is 17.6 Å². The quantitative estimate of drug-likeness (QED) is 0.534. The monoisotopic (exact) mass is 216 g/mol. The van der Waals surface area contributed by atoms with Crippen molar-refractivity contribution in [2.75, 3.05) is 33.4 Å². The Kier molecular flexibility index (Phi) is 11.0. The molecule has 0 bridgehead atoms. The van der Waals surface area contributed by atoms with Crippen LogP contribution in [-0.2, 0) is 9.53 Å². The molecule has 0 aliphatic rings. The zero-order valence-electron chi connectivity index (χ0n) is 9.97. The van der Waals surface area contributed by atoms with Gasteiger partial charge in [0.25, 0.3) is 0 Å². The van der Waals surface area contributed by atoms with E-state index in [0.717, 1.165) is 13.0 Å². The van der Waals surface area contributed by atoms with Crippen LogP contribution < -0.4 is 10.6 Å². The average molecular weight is 216 g/mol. The minimum Gasteiger partial charge on any atom is -0.383 e. The van der Waals surface area contributed by atoms with Crippen molar-refractivity contribution in [3.05, 3.63) is 0 Å². The van der Waals surface area contributed by atoms with Crippen LogP contribution in [0.3, 0.4) is 0 Å². The summed E-state index contributed by atoms with van der Waals surface area (Å²) in [6.07, 6.45) is 4.92. The van der Waals surface area contributed by atoms with Crippen molar-refractivity contribution in [3.8, 4) is 0 Å². The molecule has 0 atom stereocenters. The molecule has 2 N–H and O–H groups in total. The first-order chi connectivity index (χ1) is 7.31. The predicted molar refractivity (Wildman–Crippen MR) is 61.9 cm³/mol. The van der Waals surface area contributed by atoms with E-state index in [4.69, 9.17) is 4.74 Å². The summed E-state index contributed by atoms with van der Waals surface area (Å²) >= 11 is 0. The molecule has 0 unspecified atom stereocenters. The lowest BCUT2D eigenvalue weighted by molar-refractivity contribution is -0.120. The Balaban J connectivity index is 3.10. The Labute approximate surface area is 92.8 Å². The molecule has 0 saturated carbocycles. The second-order valence-corrected chi connectivity index (χ2v) is 3.58. The molecule has 0 radical (unpaired) electrons. The second kappa shape index (κ2) is 11.5. The van der Waals surface area contributed by atoms with E-state index in [1.54, 1.807) is 7.11 Å². The van der Waals surface area contributed by atoms with Gasteiger partial charge in [0.15, 0.2) is 0 Å². The Morgan fingerprint density at radius 1 is 1.20 bits per heavy atom. The molecule has 4 heteroatoms. The van der Waals surface area contributed by atoms with Gasteiger partial charge in [0, 0.05) is 13.7 Å². The third-order valence-electron chi connectivity index (χ3n) is 2.12. The molecule has 0 saturated heterocycles. The lowest BCUT2D eigenvalue weighted by atomic mass is 10.2. The molecule has 90 valence electrons. The molecule has 0 aromatic rings. The molecule has 0 fully saturated rings. The first-order valence-electron chi connectivity index (χ1n) is 5.77. The highest BCUT2D eigenvalue weighted by Gasteiger charge is 1.98. The van der Waals surface area contributed by atoms with E-state index in [0.29, 0.717) is 19.7 Å². The molecule has 0 aromatic heterocycles. The predicted octanol–water partition coefficient (Wildman–Crippen LogP) is 0.919. The van der Waals surface area contributed by atoms with Crippen molar-refractivity contribution in [2.24, 2.45) is 0 Å². The third-order valence-corrected chi connectivity index (χ3v) is 2.12. The molecule has 4 nitrogen and oxygen atoms in total. The number of carbonyl (C=O) groups excluding carboxylic acids is 1. The van der Waals surface area contributed by atoms with Crippen LogP contribution in [0.25, 0.3) is 0 Å². The summed E-state index contributed by atoms with van der Waals surface area (Å²) in [5.74, 6) is 0.0440. The zero-order valence-corrected chi connectivity index (χ0v) is 9.97. The third kappa shape index (κ3) is 11.3. The van der Waals surface area contributed by atoms with Gasteiger partial charge >= 0.3 is 0 Å². The van der Waals surface area contributed by atoms with Gasteiger partial charge in [-0.3, -0.25) is 4.79 Å². The van der Waals surface area contributed by atoms with Gasteiger partial charge in [0.1, 0.15) is 0 Å². The fraction of sp³-hybridized carbons (Fsp3) is 0.909. The Morgan fingerprint density at radius 3 is 2.67 bits per heavy atom. The maximum Gasteiger partial charge on any atom is 0.234 e. The van der Waals surface area contributed by atoms with Crippen molar-refractivity contribution in [3.63, 3.8) is 0 Å². The van der Waals surface area contributed by atoms with Crippen LogP contribution in [0.1, 0.15) is 32.6 Å². The molecule has 15 heavy (non-hydrogen) atoms. The van der Waals surface area contributed by atoms with Gasteiger partial charge in [-0.25, -0.2) is 0 Å². The van der Waals surface area contributed by atoms with Crippen molar-refractivity contribution >= 4 is 5.91 Å². The van der Waals surface area contributed by atoms with E-state index >= 15 is 0 Å². The summed E-state index contributed by atoms with van der Waals surface area (Å²) in [7, 11) is 1.62. The first-order valence-corrected chi connectivity index (χ1v) is 5.77. The van der Waals surface area contributed by atoms with Crippen molar-refractivity contribution in [1.29, 1.82) is 0 Å². The van der Waals surface area contributed by atoms with Crippen molar-refractivity contribution in [2.45, 2.75) is 32.6 Å². The Hall–Kier alpha value is -0.610. The highest BCUT2D eigenvalue weighted by molar-refractivity contribution is 5.77. The van der Waals surface area contributed by atoms with Crippen LogP contribution in [0.4, 0.5) is 0 Å². The topological polar surface area (TPSA) is 50.4 Å². The number of ether oxygens (including phenoxy) is 1. The minimum atomic E-state index is 0.0440. The van der Waals surface area contributed by atoms with Gasteiger partial charge in [-0.2, -0.15) is 0 Å². The second-order valence-electron chi connectivity index (χ2n) is 3.58. The van der Waals surface area contributed by atoms with E-state index in [1.807, 2.05) is 0 Å². The van der Waals surface area contributed by atoms with Crippen LogP contribution in [0.5, 0.6) is 0 Å². The summed E-state index contributed by atoms with van der Waals surface area (Å²) < 4.78 is 4.83. The van der Waals surface area contributed by atoms with Crippen molar-refractivity contribution < 1.29 is 9.53 Å². The van der Waals surface area contributed by atoms with Gasteiger partial charge in [-0.05, 0) is 13.0 Å². The number of unbranched alkanes of at least 4 members (excludes halogenated alkanes) is 3. The largest absolute Gasteiger partial charge is 0.383 e. The van der Waals surface area contributed by atoms with Crippen molar-refractivity contribution in [1.82, 2.24) is 10.6 Å².